The minimum Gasteiger partial charge on any atom is -0.508 e. The summed E-state index contributed by atoms with van der Waals surface area (Å²) < 4.78 is 25.7. The van der Waals surface area contributed by atoms with Crippen molar-refractivity contribution >= 4 is 5.69 Å². The maximum Gasteiger partial charge on any atom is 0.274 e. The Labute approximate surface area is 95.0 Å². The van der Waals surface area contributed by atoms with Gasteiger partial charge in [-0.25, -0.2) is 8.78 Å². The second-order valence-corrected chi connectivity index (χ2v) is 4.32. The molecule has 17 heavy (non-hydrogen) atoms. The van der Waals surface area contributed by atoms with E-state index >= 15 is 0 Å². The summed E-state index contributed by atoms with van der Waals surface area (Å²) in [6, 6.07) is 3.27. The molecule has 0 bridgehead atoms. The van der Waals surface area contributed by atoms with Crippen LogP contribution < -0.4 is 5.73 Å². The lowest BCUT2D eigenvalue weighted by atomic mass is 9.69. The first-order chi connectivity index (χ1) is 7.73. The molecule has 0 heterocycles. The molecule has 0 spiro atoms. The van der Waals surface area contributed by atoms with Crippen LogP contribution in [0.2, 0.25) is 0 Å². The highest BCUT2D eigenvalue weighted by Gasteiger charge is 2.57. The smallest absolute Gasteiger partial charge is 0.274 e. The Bertz CT molecular complexity index is 482. The van der Waals surface area contributed by atoms with Crippen LogP contribution in [0.4, 0.5) is 14.5 Å². The monoisotopic (exact) mass is 244 g/mol. The van der Waals surface area contributed by atoms with Crippen LogP contribution in [0.5, 0.6) is 5.75 Å². The standard InChI is InChI=1S/C10H10F2N2O3/c11-10(12)4-9(13,5-10)7-3-6(15)1-2-8(7)14(16)17/h1-3,15H,4-5,13H2. The molecule has 0 unspecified atom stereocenters. The zero-order valence-corrected chi connectivity index (χ0v) is 8.69. The van der Waals surface area contributed by atoms with Gasteiger partial charge < -0.3 is 10.8 Å². The molecule has 0 aliphatic heterocycles. The summed E-state index contributed by atoms with van der Waals surface area (Å²) >= 11 is 0. The predicted octanol–water partition coefficient (Wildman–Crippen LogP) is 1.88. The first-order valence-electron chi connectivity index (χ1n) is 4.88. The third kappa shape index (κ3) is 1.93. The van der Waals surface area contributed by atoms with Gasteiger partial charge in [-0.05, 0) is 12.1 Å². The number of phenolic OH excluding ortho intramolecular Hbond substituents is 1. The molecular formula is C10H10F2N2O3. The fourth-order valence-electron chi connectivity index (χ4n) is 2.14. The summed E-state index contributed by atoms with van der Waals surface area (Å²) in [5.41, 5.74) is 3.88. The molecule has 0 amide bonds. The van der Waals surface area contributed by atoms with Crippen molar-refractivity contribution in [2.24, 2.45) is 5.73 Å². The molecule has 2 rings (SSSR count). The zero-order chi connectivity index (χ0) is 12.8. The zero-order valence-electron chi connectivity index (χ0n) is 8.69. The topological polar surface area (TPSA) is 89.4 Å². The lowest BCUT2D eigenvalue weighted by molar-refractivity contribution is -0.386. The molecule has 7 heteroatoms. The maximum atomic E-state index is 12.8. The molecule has 1 aromatic carbocycles. The third-order valence-electron chi connectivity index (χ3n) is 2.86. The number of aromatic hydroxyl groups is 1. The van der Waals surface area contributed by atoms with Crippen molar-refractivity contribution in [1.82, 2.24) is 0 Å². The number of benzene rings is 1. The minimum absolute atomic E-state index is 0.0478. The van der Waals surface area contributed by atoms with E-state index in [1.807, 2.05) is 0 Å². The van der Waals surface area contributed by atoms with Gasteiger partial charge >= 0.3 is 0 Å². The van der Waals surface area contributed by atoms with E-state index in [2.05, 4.69) is 0 Å². The summed E-state index contributed by atoms with van der Waals surface area (Å²) in [4.78, 5) is 10.1. The van der Waals surface area contributed by atoms with Crippen molar-refractivity contribution in [1.29, 1.82) is 0 Å². The average molecular weight is 244 g/mol. The Morgan fingerprint density at radius 1 is 1.41 bits per heavy atom. The van der Waals surface area contributed by atoms with Gasteiger partial charge in [0.2, 0.25) is 0 Å². The number of hydrogen-bond acceptors (Lipinski definition) is 4. The first-order valence-corrected chi connectivity index (χ1v) is 4.88. The van der Waals surface area contributed by atoms with E-state index in [9.17, 15) is 24.0 Å². The lowest BCUT2D eigenvalue weighted by Gasteiger charge is -2.44. The number of nitrogens with zero attached hydrogens (tertiary/aromatic N) is 1. The van der Waals surface area contributed by atoms with E-state index in [0.717, 1.165) is 18.2 Å². The molecule has 0 radical (unpaired) electrons. The van der Waals surface area contributed by atoms with E-state index in [-0.39, 0.29) is 17.0 Å². The van der Waals surface area contributed by atoms with Gasteiger partial charge in [0, 0.05) is 18.9 Å². The van der Waals surface area contributed by atoms with Gasteiger partial charge in [0.25, 0.3) is 11.6 Å². The number of phenols is 1. The SMILES string of the molecule is NC1(c2cc(O)ccc2[N+](=O)[O-])CC(F)(F)C1. The van der Waals surface area contributed by atoms with Crippen LogP contribution in [0.25, 0.3) is 0 Å². The average Bonchev–Trinajstić information content (AvgIpc) is 2.13. The maximum absolute atomic E-state index is 12.8. The molecular weight excluding hydrogens is 234 g/mol. The first kappa shape index (κ1) is 11.7. The molecule has 1 fully saturated rings. The van der Waals surface area contributed by atoms with Gasteiger partial charge in [0.05, 0.1) is 16.0 Å². The molecule has 1 aliphatic carbocycles. The molecule has 1 aliphatic rings. The Kier molecular flexibility index (Phi) is 2.32. The molecule has 0 aromatic heterocycles. The highest BCUT2D eigenvalue weighted by Crippen LogP contribution is 2.52. The summed E-state index contributed by atoms with van der Waals surface area (Å²) in [6.45, 7) is 0. The number of nitrogens with two attached hydrogens (primary N) is 1. The number of nitro groups is 1. The Morgan fingerprint density at radius 3 is 2.47 bits per heavy atom. The molecule has 3 N–H and O–H groups in total. The number of halogens is 2. The Morgan fingerprint density at radius 2 is 2.00 bits per heavy atom. The fraction of sp³-hybridized carbons (Fsp3) is 0.400. The number of nitro benzene ring substituents is 1. The molecule has 0 saturated heterocycles. The van der Waals surface area contributed by atoms with Crippen LogP contribution in [-0.4, -0.2) is 16.0 Å². The van der Waals surface area contributed by atoms with Crippen LogP contribution in [0.3, 0.4) is 0 Å². The second kappa shape index (κ2) is 3.36. The highest BCUT2D eigenvalue weighted by atomic mass is 19.3. The van der Waals surface area contributed by atoms with E-state index in [4.69, 9.17) is 5.73 Å². The van der Waals surface area contributed by atoms with E-state index in [1.165, 1.54) is 0 Å². The van der Waals surface area contributed by atoms with Crippen molar-refractivity contribution in [2.75, 3.05) is 0 Å². The van der Waals surface area contributed by atoms with Crippen LogP contribution in [0.1, 0.15) is 18.4 Å². The quantitative estimate of drug-likeness (QED) is 0.614. The van der Waals surface area contributed by atoms with Crippen LogP contribution in [0.15, 0.2) is 18.2 Å². The highest BCUT2D eigenvalue weighted by molar-refractivity contribution is 5.50. The largest absolute Gasteiger partial charge is 0.508 e. The van der Waals surface area contributed by atoms with Crippen molar-refractivity contribution in [3.05, 3.63) is 33.9 Å². The number of hydrogen-bond donors (Lipinski definition) is 2. The Hall–Kier alpha value is -1.76. The summed E-state index contributed by atoms with van der Waals surface area (Å²) in [5.74, 6) is -3.13. The molecule has 0 atom stereocenters. The normalized spacial score (nSPS) is 20.6. The van der Waals surface area contributed by atoms with E-state index in [0.29, 0.717) is 0 Å². The van der Waals surface area contributed by atoms with E-state index in [1.54, 1.807) is 0 Å². The summed E-state index contributed by atoms with van der Waals surface area (Å²) in [7, 11) is 0. The number of alkyl halides is 2. The van der Waals surface area contributed by atoms with Gasteiger partial charge in [0.1, 0.15) is 5.75 Å². The second-order valence-electron chi connectivity index (χ2n) is 4.32. The van der Waals surface area contributed by atoms with Gasteiger partial charge in [-0.3, -0.25) is 10.1 Å². The van der Waals surface area contributed by atoms with Crippen LogP contribution >= 0.6 is 0 Å². The van der Waals surface area contributed by atoms with Gasteiger partial charge in [0.15, 0.2) is 0 Å². The van der Waals surface area contributed by atoms with Crippen molar-refractivity contribution < 1.29 is 18.8 Å². The molecule has 5 nitrogen and oxygen atoms in total. The van der Waals surface area contributed by atoms with E-state index < -0.39 is 29.2 Å². The number of rotatable bonds is 2. The summed E-state index contributed by atoms with van der Waals surface area (Å²) in [5, 5.41) is 20.0. The third-order valence-corrected chi connectivity index (χ3v) is 2.86. The lowest BCUT2D eigenvalue weighted by Crippen LogP contribution is -2.55. The predicted molar refractivity (Wildman–Crippen MR) is 54.8 cm³/mol. The van der Waals surface area contributed by atoms with Crippen LogP contribution in [-0.2, 0) is 5.54 Å². The summed E-state index contributed by atoms with van der Waals surface area (Å²) in [6.07, 6.45) is -1.30. The van der Waals surface area contributed by atoms with Crippen molar-refractivity contribution in [2.45, 2.75) is 24.3 Å². The van der Waals surface area contributed by atoms with Crippen molar-refractivity contribution in [3.8, 4) is 5.75 Å². The molecule has 92 valence electrons. The van der Waals surface area contributed by atoms with Crippen molar-refractivity contribution in [3.63, 3.8) is 0 Å². The Balaban J connectivity index is 2.45. The fourth-order valence-corrected chi connectivity index (χ4v) is 2.14. The van der Waals surface area contributed by atoms with Gasteiger partial charge in [-0.1, -0.05) is 0 Å². The van der Waals surface area contributed by atoms with Gasteiger partial charge in [-0.2, -0.15) is 0 Å². The minimum atomic E-state index is -2.89. The molecule has 1 saturated carbocycles. The molecule has 1 aromatic rings. The van der Waals surface area contributed by atoms with Crippen LogP contribution in [0, 0.1) is 10.1 Å². The van der Waals surface area contributed by atoms with Gasteiger partial charge in [-0.15, -0.1) is 0 Å².